The lowest BCUT2D eigenvalue weighted by atomic mass is 10.0. The molecule has 0 atom stereocenters. The lowest BCUT2D eigenvalue weighted by Gasteiger charge is -2.18. The summed E-state index contributed by atoms with van der Waals surface area (Å²) in [4.78, 5) is 53.2. The van der Waals surface area contributed by atoms with E-state index >= 15 is 0 Å². The number of allylic oxidation sites excluding steroid dienone is 2. The van der Waals surface area contributed by atoms with Crippen molar-refractivity contribution in [1.29, 1.82) is 0 Å². The first kappa shape index (κ1) is 38.5. The van der Waals surface area contributed by atoms with Crippen molar-refractivity contribution in [3.8, 4) is 0 Å². The zero-order valence-electron chi connectivity index (χ0n) is 29.0. The number of alkyl halides is 6. The van der Waals surface area contributed by atoms with Crippen LogP contribution in [0.4, 0.5) is 37.7 Å². The first-order valence-corrected chi connectivity index (χ1v) is 17.1. The quantitative estimate of drug-likeness (QED) is 0.0618. The molecule has 0 unspecified atom stereocenters. The summed E-state index contributed by atoms with van der Waals surface area (Å²) in [5.74, 6) is -5.23. The number of nitrogens with zero attached hydrogens (tertiary/aromatic N) is 2. The molecule has 0 aromatic heterocycles. The number of ether oxygens (including phenoxy) is 2. The molecule has 4 aromatic carbocycles. The maximum atomic E-state index is 13.4. The lowest BCUT2D eigenvalue weighted by Crippen LogP contribution is -2.26. The highest BCUT2D eigenvalue weighted by Crippen LogP contribution is 2.35. The number of hydrogen-bond donors (Lipinski definition) is 0. The Morgan fingerprint density at radius 2 is 0.927 bits per heavy atom. The van der Waals surface area contributed by atoms with Crippen LogP contribution in [-0.4, -0.2) is 62.2 Å². The fraction of sp³-hybridized carbons (Fsp3) is 0.220. The Hall–Kier alpha value is -6.18. The zero-order chi connectivity index (χ0) is 39.3. The minimum Gasteiger partial charge on any atom is -0.462 e. The molecule has 2 aliphatic rings. The molecule has 0 fully saturated rings. The number of carbonyl (C=O) groups excluding carboxylic acids is 4. The van der Waals surface area contributed by atoms with Gasteiger partial charge in [-0.05, 0) is 71.5 Å². The average Bonchev–Trinajstić information content (AvgIpc) is 3.77. The smallest absolute Gasteiger partial charge is 0.454 e. The predicted molar refractivity (Wildman–Crippen MR) is 191 cm³/mol. The second-order valence-corrected chi connectivity index (χ2v) is 12.7. The molecule has 8 nitrogen and oxygen atoms in total. The van der Waals surface area contributed by atoms with Crippen molar-refractivity contribution >= 4 is 46.0 Å². The molecule has 6 rings (SSSR count). The van der Waals surface area contributed by atoms with Crippen LogP contribution in [-0.2, 0) is 31.9 Å². The van der Waals surface area contributed by atoms with Crippen molar-refractivity contribution in [2.24, 2.45) is 0 Å². The van der Waals surface area contributed by atoms with Gasteiger partial charge in [-0.15, -0.1) is 0 Å². The van der Waals surface area contributed by atoms with Gasteiger partial charge in [-0.3, -0.25) is 9.59 Å². The van der Waals surface area contributed by atoms with Gasteiger partial charge in [-0.2, -0.15) is 26.3 Å². The van der Waals surface area contributed by atoms with Crippen LogP contribution >= 0.6 is 0 Å². The number of ketones is 2. The van der Waals surface area contributed by atoms with Gasteiger partial charge < -0.3 is 19.3 Å². The number of carbonyl (C=O) groups is 4. The third-order valence-electron chi connectivity index (χ3n) is 8.99. The third kappa shape index (κ3) is 8.97. The van der Waals surface area contributed by atoms with Crippen LogP contribution < -0.4 is 9.80 Å². The molecule has 0 aliphatic carbocycles. The number of benzene rings is 4. The van der Waals surface area contributed by atoms with Gasteiger partial charge in [0.25, 0.3) is 11.6 Å². The molecule has 284 valence electrons. The molecule has 0 saturated heterocycles. The van der Waals surface area contributed by atoms with Gasteiger partial charge in [-0.25, -0.2) is 9.59 Å². The van der Waals surface area contributed by atoms with Crippen molar-refractivity contribution in [3.05, 3.63) is 143 Å². The summed E-state index contributed by atoms with van der Waals surface area (Å²) in [5.41, 5.74) is 2.16. The Balaban J connectivity index is 1.02. The number of halogens is 6. The van der Waals surface area contributed by atoms with E-state index in [1.807, 2.05) is 0 Å². The molecule has 0 N–H and O–H groups in total. The van der Waals surface area contributed by atoms with E-state index in [9.17, 15) is 45.5 Å². The Bertz CT molecular complexity index is 2010. The maximum Gasteiger partial charge on any atom is 0.454 e. The average molecular weight is 763 g/mol. The van der Waals surface area contributed by atoms with E-state index < -0.39 is 47.0 Å². The number of esters is 2. The molecule has 55 heavy (non-hydrogen) atoms. The van der Waals surface area contributed by atoms with Gasteiger partial charge in [0.2, 0.25) is 0 Å². The van der Waals surface area contributed by atoms with Crippen molar-refractivity contribution in [2.45, 2.75) is 31.6 Å². The fourth-order valence-corrected chi connectivity index (χ4v) is 6.31. The van der Waals surface area contributed by atoms with E-state index in [1.165, 1.54) is 73.1 Å². The Morgan fingerprint density at radius 1 is 0.545 bits per heavy atom. The lowest BCUT2D eigenvalue weighted by molar-refractivity contribution is -0.164. The van der Waals surface area contributed by atoms with E-state index in [4.69, 9.17) is 9.47 Å². The van der Waals surface area contributed by atoms with Gasteiger partial charge in [0.05, 0.1) is 35.5 Å². The zero-order valence-corrected chi connectivity index (χ0v) is 29.0. The van der Waals surface area contributed by atoms with Crippen LogP contribution in [0.2, 0.25) is 0 Å². The van der Waals surface area contributed by atoms with Crippen molar-refractivity contribution in [2.75, 3.05) is 36.1 Å². The standard InChI is InChI=1S/C41H32F6N2O6/c42-40(43,44)36(50)32(26-8-3-1-4-9-26)24-48-18-16-28-22-30(12-14-34(28)48)38(52)54-20-7-21-55-39(53)31-13-15-35-29(23-31)17-19-49(35)25-33(37(51)41(45,46)47)27-10-5-2-6-11-27/h1-6,8-15,22-25H,7,16-21H2/b32-24-,33-25-. The number of Topliss-reactive ketones (excluding diaryl/α,β-unsaturated/α-hetero) is 2. The molecule has 0 spiro atoms. The van der Waals surface area contributed by atoms with Gasteiger partial charge in [-0.1, -0.05) is 60.7 Å². The molecule has 0 bridgehead atoms. The molecular weight excluding hydrogens is 730 g/mol. The molecular formula is C41H32F6N2O6. The highest BCUT2D eigenvalue weighted by Gasteiger charge is 2.42. The number of rotatable bonds is 12. The SMILES string of the molecule is O=C(OCCCOC(=O)c1ccc2c(c1)CCN2/C=C(\C(=O)C(F)(F)F)c1ccccc1)c1ccc2c(c1)CCN2/C=C(\C(=O)C(F)(F)F)c1ccccc1. The second kappa shape index (κ2) is 16.0. The summed E-state index contributed by atoms with van der Waals surface area (Å²) >= 11 is 0. The van der Waals surface area contributed by atoms with Crippen LogP contribution in [0.3, 0.4) is 0 Å². The molecule has 14 heteroatoms. The molecule has 0 amide bonds. The number of anilines is 2. The monoisotopic (exact) mass is 762 g/mol. The van der Waals surface area contributed by atoms with Gasteiger partial charge in [0.1, 0.15) is 0 Å². The van der Waals surface area contributed by atoms with Crippen LogP contribution in [0.15, 0.2) is 109 Å². The predicted octanol–water partition coefficient (Wildman–Crippen LogP) is 8.16. The number of fused-ring (bicyclic) bond motifs is 2. The summed E-state index contributed by atoms with van der Waals surface area (Å²) in [6.45, 7) is 0.421. The van der Waals surface area contributed by atoms with Crippen LogP contribution in [0, 0.1) is 0 Å². The summed E-state index contributed by atoms with van der Waals surface area (Å²) in [5, 5.41) is 0. The Kier molecular flexibility index (Phi) is 11.2. The first-order valence-electron chi connectivity index (χ1n) is 17.1. The van der Waals surface area contributed by atoms with E-state index in [-0.39, 0.29) is 41.9 Å². The van der Waals surface area contributed by atoms with E-state index in [1.54, 1.807) is 46.2 Å². The highest BCUT2D eigenvalue weighted by molar-refractivity contribution is 6.24. The minimum absolute atomic E-state index is 0.0794. The van der Waals surface area contributed by atoms with E-state index in [2.05, 4.69) is 0 Å². The van der Waals surface area contributed by atoms with Gasteiger partial charge in [0.15, 0.2) is 0 Å². The van der Waals surface area contributed by atoms with Gasteiger partial charge >= 0.3 is 24.3 Å². The largest absolute Gasteiger partial charge is 0.462 e. The molecule has 4 aromatic rings. The number of hydrogen-bond acceptors (Lipinski definition) is 8. The van der Waals surface area contributed by atoms with Crippen molar-refractivity contribution in [3.63, 3.8) is 0 Å². The van der Waals surface area contributed by atoms with E-state index in [0.29, 0.717) is 48.4 Å². The molecule has 0 radical (unpaired) electrons. The highest BCUT2D eigenvalue weighted by atomic mass is 19.4. The summed E-state index contributed by atoms with van der Waals surface area (Å²) in [6, 6.07) is 24.4. The normalized spacial score (nSPS) is 14.4. The van der Waals surface area contributed by atoms with Crippen LogP contribution in [0.25, 0.3) is 11.1 Å². The molecule has 0 saturated carbocycles. The third-order valence-corrected chi connectivity index (χ3v) is 8.99. The van der Waals surface area contributed by atoms with Crippen LogP contribution in [0.1, 0.15) is 49.4 Å². The Morgan fingerprint density at radius 3 is 1.29 bits per heavy atom. The summed E-state index contributed by atoms with van der Waals surface area (Å²) in [7, 11) is 0. The second-order valence-electron chi connectivity index (χ2n) is 12.7. The summed E-state index contributed by atoms with van der Waals surface area (Å²) in [6.07, 6.45) is -6.77. The Labute approximate surface area is 311 Å². The van der Waals surface area contributed by atoms with Gasteiger partial charge in [0, 0.05) is 43.3 Å². The fourth-order valence-electron chi connectivity index (χ4n) is 6.31. The van der Waals surface area contributed by atoms with Crippen molar-refractivity contribution < 1.29 is 55.0 Å². The maximum absolute atomic E-state index is 13.4. The van der Waals surface area contributed by atoms with Crippen molar-refractivity contribution in [1.82, 2.24) is 0 Å². The first-order chi connectivity index (χ1) is 26.2. The van der Waals surface area contributed by atoms with Crippen LogP contribution in [0.5, 0.6) is 0 Å². The topological polar surface area (TPSA) is 93.2 Å². The van der Waals surface area contributed by atoms with E-state index in [0.717, 1.165) is 0 Å². The summed E-state index contributed by atoms with van der Waals surface area (Å²) < 4.78 is 91.2. The molecule has 2 aliphatic heterocycles. The minimum atomic E-state index is -5.07. The molecule has 2 heterocycles.